The molecule has 0 aliphatic heterocycles. The first-order valence-corrected chi connectivity index (χ1v) is 15.5. The topological polar surface area (TPSA) is 72.8 Å². The van der Waals surface area contributed by atoms with Gasteiger partial charge in [-0.15, -0.1) is 0 Å². The number of rotatable bonds is 27. The predicted molar refractivity (Wildman–Crippen MR) is 154 cm³/mol. The minimum Gasteiger partial charge on any atom is -0.435 e. The number of hydrogen-bond acceptors (Lipinski definition) is 5. The zero-order valence-corrected chi connectivity index (χ0v) is 24.2. The van der Waals surface area contributed by atoms with Gasteiger partial charge in [0.2, 0.25) is 0 Å². The molecule has 0 aromatic heterocycles. The average Bonchev–Trinajstić information content (AvgIpc) is 2.89. The first-order valence-electron chi connectivity index (χ1n) is 15.5. The highest BCUT2D eigenvalue weighted by molar-refractivity contribution is 5.82. The maximum atomic E-state index is 11.8. The normalized spacial score (nSPS) is 12.4. The zero-order chi connectivity index (χ0) is 27.2. The van der Waals surface area contributed by atoms with Crippen LogP contribution >= 0.6 is 0 Å². The lowest BCUT2D eigenvalue weighted by Gasteiger charge is -2.06. The summed E-state index contributed by atoms with van der Waals surface area (Å²) in [5.74, 6) is -1.47. The molecule has 0 amide bonds. The van der Waals surface area contributed by atoms with Gasteiger partial charge < -0.3 is 14.6 Å². The Bertz CT molecular complexity index is 570. The highest BCUT2D eigenvalue weighted by Crippen LogP contribution is 2.12. The molecule has 0 spiro atoms. The fourth-order valence-corrected chi connectivity index (χ4v) is 4.24. The molecule has 37 heavy (non-hydrogen) atoms. The molecule has 216 valence electrons. The van der Waals surface area contributed by atoms with E-state index >= 15 is 0 Å². The number of carbonyl (C=O) groups excluding carboxylic acids is 2. The SMILES string of the molecule is CCCCCCCCCCCC/C=C/OC(=O)CC(O)C(=O)O/C=C/CCCCCCCCCCCC. The van der Waals surface area contributed by atoms with Crippen LogP contribution in [0.4, 0.5) is 0 Å². The summed E-state index contributed by atoms with van der Waals surface area (Å²) < 4.78 is 9.90. The molecule has 0 radical (unpaired) electrons. The van der Waals surface area contributed by atoms with Gasteiger partial charge in [0.05, 0.1) is 18.9 Å². The molecule has 0 saturated heterocycles. The van der Waals surface area contributed by atoms with Crippen molar-refractivity contribution in [1.82, 2.24) is 0 Å². The molecule has 0 aromatic carbocycles. The molecule has 1 unspecified atom stereocenters. The van der Waals surface area contributed by atoms with E-state index in [1.807, 2.05) is 6.08 Å². The maximum Gasteiger partial charge on any atom is 0.340 e. The Morgan fingerprint density at radius 2 is 0.919 bits per heavy atom. The van der Waals surface area contributed by atoms with Crippen molar-refractivity contribution in [2.45, 2.75) is 168 Å². The van der Waals surface area contributed by atoms with E-state index in [9.17, 15) is 14.7 Å². The molecule has 5 heteroatoms. The van der Waals surface area contributed by atoms with Crippen LogP contribution in [0.1, 0.15) is 162 Å². The Morgan fingerprint density at radius 3 is 1.32 bits per heavy atom. The van der Waals surface area contributed by atoms with Gasteiger partial charge in [-0.3, -0.25) is 4.79 Å². The number of unbranched alkanes of at least 4 members (excludes halogenated alkanes) is 20. The summed E-state index contributed by atoms with van der Waals surface area (Å²) in [4.78, 5) is 23.6. The summed E-state index contributed by atoms with van der Waals surface area (Å²) in [6, 6.07) is 0. The lowest BCUT2D eigenvalue weighted by molar-refractivity contribution is -0.153. The molecule has 0 heterocycles. The monoisotopic (exact) mass is 522 g/mol. The molecule has 0 saturated carbocycles. The van der Waals surface area contributed by atoms with Crippen molar-refractivity contribution in [3.8, 4) is 0 Å². The van der Waals surface area contributed by atoms with Gasteiger partial charge in [0.25, 0.3) is 0 Å². The number of allylic oxidation sites excluding steroid dienone is 2. The molecule has 5 nitrogen and oxygen atoms in total. The van der Waals surface area contributed by atoms with E-state index in [0.29, 0.717) is 0 Å². The van der Waals surface area contributed by atoms with Crippen molar-refractivity contribution < 1.29 is 24.2 Å². The van der Waals surface area contributed by atoms with E-state index in [2.05, 4.69) is 13.8 Å². The Morgan fingerprint density at radius 1 is 0.568 bits per heavy atom. The summed E-state index contributed by atoms with van der Waals surface area (Å²) in [7, 11) is 0. The predicted octanol–water partition coefficient (Wildman–Crippen LogP) is 9.47. The highest BCUT2D eigenvalue weighted by atomic mass is 16.5. The Labute approximate surface area is 228 Å². The smallest absolute Gasteiger partial charge is 0.340 e. The molecule has 1 atom stereocenters. The quantitative estimate of drug-likeness (QED) is 0.0660. The van der Waals surface area contributed by atoms with Crippen molar-refractivity contribution in [3.63, 3.8) is 0 Å². The van der Waals surface area contributed by atoms with Crippen LogP contribution in [0.3, 0.4) is 0 Å². The van der Waals surface area contributed by atoms with E-state index in [1.54, 1.807) is 6.08 Å². The minimum atomic E-state index is -1.51. The van der Waals surface area contributed by atoms with Crippen molar-refractivity contribution in [3.05, 3.63) is 24.7 Å². The lowest BCUT2D eigenvalue weighted by atomic mass is 10.1. The van der Waals surface area contributed by atoms with Crippen LogP contribution in [-0.4, -0.2) is 23.1 Å². The molecule has 0 aliphatic carbocycles. The molecule has 0 rings (SSSR count). The number of esters is 2. The van der Waals surface area contributed by atoms with Crippen LogP contribution in [0.25, 0.3) is 0 Å². The van der Waals surface area contributed by atoms with Gasteiger partial charge in [-0.1, -0.05) is 129 Å². The number of carbonyl (C=O) groups is 2. The lowest BCUT2D eigenvalue weighted by Crippen LogP contribution is -2.25. The average molecular weight is 523 g/mol. The van der Waals surface area contributed by atoms with Gasteiger partial charge in [-0.2, -0.15) is 0 Å². The van der Waals surface area contributed by atoms with Crippen LogP contribution < -0.4 is 0 Å². The Balaban J connectivity index is 3.59. The van der Waals surface area contributed by atoms with Gasteiger partial charge in [-0.05, 0) is 37.8 Å². The van der Waals surface area contributed by atoms with Gasteiger partial charge >= 0.3 is 11.9 Å². The molecule has 0 fully saturated rings. The summed E-state index contributed by atoms with van der Waals surface area (Å²) in [6.07, 6.45) is 31.8. The molecule has 0 bridgehead atoms. The van der Waals surface area contributed by atoms with Crippen LogP contribution in [0.15, 0.2) is 24.7 Å². The number of ether oxygens (including phenoxy) is 2. The molecule has 0 aliphatic rings. The second kappa shape index (κ2) is 28.9. The standard InChI is InChI=1S/C32H58O5/c1-3-5-7-9-11-13-15-17-19-21-23-25-27-36-31(34)29-30(33)32(35)37-28-26-24-22-20-18-16-14-12-10-8-6-4-2/h25-28,30,33H,3-24,29H2,1-2H3/b27-25+,28-26+. The summed E-state index contributed by atoms with van der Waals surface area (Å²) in [5.41, 5.74) is 0. The van der Waals surface area contributed by atoms with E-state index in [-0.39, 0.29) is 0 Å². The van der Waals surface area contributed by atoms with Crippen LogP contribution in [0.5, 0.6) is 0 Å². The van der Waals surface area contributed by atoms with Crippen molar-refractivity contribution in [2.24, 2.45) is 0 Å². The number of aliphatic hydroxyl groups excluding tert-OH is 1. The van der Waals surface area contributed by atoms with Crippen molar-refractivity contribution in [2.75, 3.05) is 0 Å². The number of aliphatic hydroxyl groups is 1. The molecular weight excluding hydrogens is 464 g/mol. The Kier molecular flexibility index (Phi) is 27.7. The fourth-order valence-electron chi connectivity index (χ4n) is 4.24. The second-order valence-electron chi connectivity index (χ2n) is 10.3. The maximum absolute atomic E-state index is 11.8. The van der Waals surface area contributed by atoms with E-state index in [4.69, 9.17) is 9.47 Å². The van der Waals surface area contributed by atoms with E-state index < -0.39 is 24.5 Å². The second-order valence-corrected chi connectivity index (χ2v) is 10.3. The summed E-state index contributed by atoms with van der Waals surface area (Å²) in [5, 5.41) is 9.85. The van der Waals surface area contributed by atoms with Crippen molar-refractivity contribution >= 4 is 11.9 Å². The summed E-state index contributed by atoms with van der Waals surface area (Å²) in [6.45, 7) is 4.49. The summed E-state index contributed by atoms with van der Waals surface area (Å²) >= 11 is 0. The van der Waals surface area contributed by atoms with Crippen LogP contribution in [0.2, 0.25) is 0 Å². The van der Waals surface area contributed by atoms with Gasteiger partial charge in [0.15, 0.2) is 6.10 Å². The largest absolute Gasteiger partial charge is 0.435 e. The van der Waals surface area contributed by atoms with Gasteiger partial charge in [0.1, 0.15) is 0 Å². The van der Waals surface area contributed by atoms with E-state index in [1.165, 1.54) is 128 Å². The fraction of sp³-hybridized carbons (Fsp3) is 0.812. The zero-order valence-electron chi connectivity index (χ0n) is 24.2. The minimum absolute atomic E-state index is 0.409. The Hall–Kier alpha value is -1.62. The van der Waals surface area contributed by atoms with Gasteiger partial charge in [0, 0.05) is 0 Å². The highest BCUT2D eigenvalue weighted by Gasteiger charge is 2.20. The van der Waals surface area contributed by atoms with Crippen LogP contribution in [-0.2, 0) is 19.1 Å². The van der Waals surface area contributed by atoms with Crippen molar-refractivity contribution in [1.29, 1.82) is 0 Å². The first kappa shape index (κ1) is 35.4. The van der Waals surface area contributed by atoms with Crippen LogP contribution in [0, 0.1) is 0 Å². The third-order valence-corrected chi connectivity index (χ3v) is 6.66. The van der Waals surface area contributed by atoms with E-state index in [0.717, 1.165) is 25.7 Å². The molecule has 1 N–H and O–H groups in total. The first-order chi connectivity index (χ1) is 18.1. The van der Waals surface area contributed by atoms with Gasteiger partial charge in [-0.25, -0.2) is 4.79 Å². The molecule has 0 aromatic rings. The molecular formula is C32H58O5. The third-order valence-electron chi connectivity index (χ3n) is 6.66. The third kappa shape index (κ3) is 27.2. The number of hydrogen-bond donors (Lipinski definition) is 1.